The monoisotopic (exact) mass is 297 g/mol. The first-order valence-electron chi connectivity index (χ1n) is 8.38. The van der Waals surface area contributed by atoms with Crippen molar-refractivity contribution in [2.75, 3.05) is 39.3 Å². The van der Waals surface area contributed by atoms with Crippen molar-refractivity contribution >= 4 is 11.8 Å². The first-order valence-corrected chi connectivity index (χ1v) is 8.38. The van der Waals surface area contributed by atoms with E-state index in [-0.39, 0.29) is 11.8 Å². The van der Waals surface area contributed by atoms with Crippen LogP contribution < -0.4 is 5.32 Å². The minimum Gasteiger partial charge on any atom is -0.343 e. The molecule has 1 aliphatic rings. The van der Waals surface area contributed by atoms with E-state index in [1.807, 2.05) is 18.7 Å². The molecule has 0 aromatic carbocycles. The van der Waals surface area contributed by atoms with Crippen LogP contribution in [-0.4, -0.2) is 60.9 Å². The van der Waals surface area contributed by atoms with Crippen molar-refractivity contribution in [2.24, 2.45) is 5.92 Å². The van der Waals surface area contributed by atoms with E-state index in [1.165, 1.54) is 0 Å². The van der Waals surface area contributed by atoms with E-state index < -0.39 is 0 Å². The predicted octanol–water partition coefficient (Wildman–Crippen LogP) is 1.48. The largest absolute Gasteiger partial charge is 0.343 e. The summed E-state index contributed by atoms with van der Waals surface area (Å²) < 4.78 is 0. The normalized spacial score (nSPS) is 16.0. The van der Waals surface area contributed by atoms with Crippen molar-refractivity contribution in [3.63, 3.8) is 0 Å². The number of carbonyl (C=O) groups is 2. The molecule has 0 radical (unpaired) electrons. The number of hydrogen-bond donors (Lipinski definition) is 1. The van der Waals surface area contributed by atoms with Gasteiger partial charge in [0.25, 0.3) is 0 Å². The van der Waals surface area contributed by atoms with Gasteiger partial charge in [0.1, 0.15) is 0 Å². The summed E-state index contributed by atoms with van der Waals surface area (Å²) in [5.74, 6) is 0.916. The zero-order valence-corrected chi connectivity index (χ0v) is 13.9. The number of nitrogens with zero attached hydrogens (tertiary/aromatic N) is 2. The molecule has 0 bridgehead atoms. The number of piperidine rings is 1. The molecule has 1 N–H and O–H groups in total. The second-order valence-electron chi connectivity index (χ2n) is 5.70. The first kappa shape index (κ1) is 18.0. The van der Waals surface area contributed by atoms with Gasteiger partial charge >= 0.3 is 0 Å². The molecule has 0 unspecified atom stereocenters. The van der Waals surface area contributed by atoms with Crippen molar-refractivity contribution in [3.05, 3.63) is 0 Å². The van der Waals surface area contributed by atoms with Gasteiger partial charge in [0.15, 0.2) is 0 Å². The van der Waals surface area contributed by atoms with E-state index in [0.717, 1.165) is 52.1 Å². The molecule has 1 fully saturated rings. The maximum atomic E-state index is 12.2. The van der Waals surface area contributed by atoms with Crippen LogP contribution in [0.1, 0.15) is 46.5 Å². The van der Waals surface area contributed by atoms with Crippen LogP contribution in [0.25, 0.3) is 0 Å². The van der Waals surface area contributed by atoms with Crippen molar-refractivity contribution < 1.29 is 9.59 Å². The average molecular weight is 297 g/mol. The van der Waals surface area contributed by atoms with Crippen LogP contribution in [-0.2, 0) is 9.59 Å². The van der Waals surface area contributed by atoms with Crippen molar-refractivity contribution in [3.8, 4) is 0 Å². The van der Waals surface area contributed by atoms with Crippen LogP contribution >= 0.6 is 0 Å². The van der Waals surface area contributed by atoms with Crippen molar-refractivity contribution in [2.45, 2.75) is 46.5 Å². The summed E-state index contributed by atoms with van der Waals surface area (Å²) >= 11 is 0. The second-order valence-corrected chi connectivity index (χ2v) is 5.70. The summed E-state index contributed by atoms with van der Waals surface area (Å²) in [6.45, 7) is 11.2. The van der Waals surface area contributed by atoms with Crippen LogP contribution in [0.5, 0.6) is 0 Å². The lowest BCUT2D eigenvalue weighted by molar-refractivity contribution is -0.137. The van der Waals surface area contributed by atoms with Gasteiger partial charge in [-0.25, -0.2) is 0 Å². The molecule has 1 aliphatic heterocycles. The lowest BCUT2D eigenvalue weighted by atomic mass is 9.96. The molecule has 1 heterocycles. The second kappa shape index (κ2) is 9.77. The third kappa shape index (κ3) is 6.04. The molecular weight excluding hydrogens is 266 g/mol. The summed E-state index contributed by atoms with van der Waals surface area (Å²) in [6.07, 6.45) is 2.84. The summed E-state index contributed by atoms with van der Waals surface area (Å²) in [6, 6.07) is 0. The number of amides is 2. The Hall–Kier alpha value is -1.10. The fourth-order valence-electron chi connectivity index (χ4n) is 2.84. The van der Waals surface area contributed by atoms with Gasteiger partial charge in [0.05, 0.1) is 0 Å². The summed E-state index contributed by atoms with van der Waals surface area (Å²) in [7, 11) is 0. The highest BCUT2D eigenvalue weighted by Crippen LogP contribution is 2.17. The highest BCUT2D eigenvalue weighted by atomic mass is 16.2. The zero-order chi connectivity index (χ0) is 15.7. The zero-order valence-electron chi connectivity index (χ0n) is 13.9. The molecule has 0 saturated carbocycles. The Morgan fingerprint density at radius 1 is 1.10 bits per heavy atom. The number of nitrogens with one attached hydrogen (secondary N) is 1. The lowest BCUT2D eigenvalue weighted by Crippen LogP contribution is -2.41. The first-order chi connectivity index (χ1) is 10.1. The smallest absolute Gasteiger partial charge is 0.223 e. The third-order valence-electron chi connectivity index (χ3n) is 4.32. The molecule has 5 heteroatoms. The summed E-state index contributed by atoms with van der Waals surface area (Å²) in [5.41, 5.74) is 0. The van der Waals surface area contributed by atoms with Crippen LogP contribution in [0, 0.1) is 5.92 Å². The van der Waals surface area contributed by atoms with Crippen molar-refractivity contribution in [1.82, 2.24) is 15.1 Å². The van der Waals surface area contributed by atoms with Crippen LogP contribution in [0.3, 0.4) is 0 Å². The molecule has 122 valence electrons. The van der Waals surface area contributed by atoms with Gasteiger partial charge in [-0.05, 0) is 45.7 Å². The molecule has 0 aromatic heterocycles. The highest BCUT2D eigenvalue weighted by molar-refractivity contribution is 5.83. The number of likely N-dealkylation sites (tertiary alicyclic amines) is 1. The highest BCUT2D eigenvalue weighted by Gasteiger charge is 2.23. The van der Waals surface area contributed by atoms with E-state index in [4.69, 9.17) is 0 Å². The Morgan fingerprint density at radius 2 is 1.71 bits per heavy atom. The molecule has 5 nitrogen and oxygen atoms in total. The molecule has 0 spiro atoms. The van der Waals surface area contributed by atoms with Gasteiger partial charge in [-0.2, -0.15) is 0 Å². The molecule has 0 aromatic rings. The lowest BCUT2D eigenvalue weighted by Gasteiger charge is -2.32. The van der Waals surface area contributed by atoms with Gasteiger partial charge in [-0.1, -0.05) is 6.92 Å². The van der Waals surface area contributed by atoms with E-state index >= 15 is 0 Å². The van der Waals surface area contributed by atoms with Gasteiger partial charge in [0, 0.05) is 39.0 Å². The number of hydrogen-bond acceptors (Lipinski definition) is 3. The Balaban J connectivity index is 2.26. The fourth-order valence-corrected chi connectivity index (χ4v) is 2.84. The van der Waals surface area contributed by atoms with Crippen LogP contribution in [0.2, 0.25) is 0 Å². The molecule has 1 rings (SSSR count). The predicted molar refractivity (Wildman–Crippen MR) is 85.0 cm³/mol. The standard InChI is InChI=1S/C16H31N3O2/c1-4-17-13-14-9-11-19(12-10-14)16(21)8-7-15(20)18(5-2)6-3/h14,17H,4-13H2,1-3H3. The average Bonchev–Trinajstić information content (AvgIpc) is 2.52. The van der Waals surface area contributed by atoms with Crippen molar-refractivity contribution in [1.29, 1.82) is 0 Å². The molecular formula is C16H31N3O2. The Morgan fingerprint density at radius 3 is 2.24 bits per heavy atom. The minimum atomic E-state index is 0.0929. The van der Waals surface area contributed by atoms with Crippen LogP contribution in [0.4, 0.5) is 0 Å². The van der Waals surface area contributed by atoms with Crippen LogP contribution in [0.15, 0.2) is 0 Å². The van der Waals surface area contributed by atoms with E-state index in [1.54, 1.807) is 4.90 Å². The number of rotatable bonds is 8. The third-order valence-corrected chi connectivity index (χ3v) is 4.32. The molecule has 21 heavy (non-hydrogen) atoms. The Bertz CT molecular complexity index is 321. The molecule has 2 amide bonds. The SMILES string of the molecule is CCNCC1CCN(C(=O)CCC(=O)N(CC)CC)CC1. The summed E-state index contributed by atoms with van der Waals surface area (Å²) in [5, 5.41) is 3.37. The Labute approximate surface area is 129 Å². The van der Waals surface area contributed by atoms with E-state index in [9.17, 15) is 9.59 Å². The van der Waals surface area contributed by atoms with Gasteiger partial charge < -0.3 is 15.1 Å². The maximum Gasteiger partial charge on any atom is 0.223 e. The maximum absolute atomic E-state index is 12.2. The van der Waals surface area contributed by atoms with Gasteiger partial charge in [-0.3, -0.25) is 9.59 Å². The Kier molecular flexibility index (Phi) is 8.35. The summed E-state index contributed by atoms with van der Waals surface area (Å²) in [4.78, 5) is 27.8. The fraction of sp³-hybridized carbons (Fsp3) is 0.875. The molecule has 0 atom stereocenters. The molecule has 0 aliphatic carbocycles. The van der Waals surface area contributed by atoms with E-state index in [2.05, 4.69) is 12.2 Å². The number of carbonyl (C=O) groups excluding carboxylic acids is 2. The van der Waals surface area contributed by atoms with Gasteiger partial charge in [0.2, 0.25) is 11.8 Å². The topological polar surface area (TPSA) is 52.7 Å². The van der Waals surface area contributed by atoms with Gasteiger partial charge in [-0.15, -0.1) is 0 Å². The quantitative estimate of drug-likeness (QED) is 0.738. The molecule has 1 saturated heterocycles. The minimum absolute atomic E-state index is 0.0929. The van der Waals surface area contributed by atoms with E-state index in [0.29, 0.717) is 18.8 Å².